The topological polar surface area (TPSA) is 52.3 Å². The van der Waals surface area contributed by atoms with Gasteiger partial charge < -0.3 is 9.15 Å². The third-order valence-electron chi connectivity index (χ3n) is 3.11. The number of hydrogen-bond acceptors (Lipinski definition) is 4. The second kappa shape index (κ2) is 4.81. The number of carbonyl (C=O) groups is 1. The van der Waals surface area contributed by atoms with Gasteiger partial charge in [0.1, 0.15) is 11.3 Å². The smallest absolute Gasteiger partial charge is 0.227 e. The van der Waals surface area contributed by atoms with Crippen LogP contribution in [0.25, 0.3) is 22.6 Å². The zero-order valence-electron chi connectivity index (χ0n) is 11.2. The molecule has 2 aromatic carbocycles. The van der Waals surface area contributed by atoms with Crippen LogP contribution in [0.15, 0.2) is 46.9 Å². The van der Waals surface area contributed by atoms with E-state index < -0.39 is 0 Å². The van der Waals surface area contributed by atoms with Crippen LogP contribution in [0.2, 0.25) is 0 Å². The number of rotatable bonds is 3. The van der Waals surface area contributed by atoms with Crippen molar-refractivity contribution in [2.24, 2.45) is 0 Å². The molecular formula is C16H13NO3. The van der Waals surface area contributed by atoms with Gasteiger partial charge in [-0.15, -0.1) is 0 Å². The number of oxazole rings is 1. The van der Waals surface area contributed by atoms with Gasteiger partial charge in [-0.25, -0.2) is 4.98 Å². The summed E-state index contributed by atoms with van der Waals surface area (Å²) in [6.45, 7) is 1.53. The zero-order chi connectivity index (χ0) is 14.1. The van der Waals surface area contributed by atoms with Gasteiger partial charge in [0.25, 0.3) is 0 Å². The number of nitrogens with zero attached hydrogens (tertiary/aromatic N) is 1. The van der Waals surface area contributed by atoms with Crippen molar-refractivity contribution in [2.75, 3.05) is 7.11 Å². The number of carbonyl (C=O) groups excluding carboxylic acids is 1. The average Bonchev–Trinajstić information content (AvgIpc) is 2.90. The summed E-state index contributed by atoms with van der Waals surface area (Å²) in [4.78, 5) is 15.8. The van der Waals surface area contributed by atoms with Gasteiger partial charge in [-0.1, -0.05) is 6.07 Å². The Labute approximate surface area is 116 Å². The van der Waals surface area contributed by atoms with Gasteiger partial charge in [0.05, 0.1) is 7.11 Å². The van der Waals surface area contributed by atoms with E-state index in [4.69, 9.17) is 9.15 Å². The first-order chi connectivity index (χ1) is 9.67. The van der Waals surface area contributed by atoms with Crippen LogP contribution in [0.3, 0.4) is 0 Å². The number of aromatic nitrogens is 1. The zero-order valence-corrected chi connectivity index (χ0v) is 11.2. The summed E-state index contributed by atoms with van der Waals surface area (Å²) in [7, 11) is 1.62. The Morgan fingerprint density at radius 3 is 2.80 bits per heavy atom. The van der Waals surface area contributed by atoms with Crippen LogP contribution in [0, 0.1) is 0 Å². The number of fused-ring (bicyclic) bond motifs is 1. The number of benzene rings is 2. The van der Waals surface area contributed by atoms with Crippen LogP contribution < -0.4 is 4.74 Å². The molecule has 20 heavy (non-hydrogen) atoms. The molecule has 1 aromatic heterocycles. The van der Waals surface area contributed by atoms with Crippen LogP contribution >= 0.6 is 0 Å². The molecule has 1 heterocycles. The fourth-order valence-electron chi connectivity index (χ4n) is 2.03. The van der Waals surface area contributed by atoms with Gasteiger partial charge in [0.2, 0.25) is 5.89 Å². The van der Waals surface area contributed by atoms with Crippen LogP contribution in [0.1, 0.15) is 17.3 Å². The summed E-state index contributed by atoms with van der Waals surface area (Å²) >= 11 is 0. The van der Waals surface area contributed by atoms with E-state index in [1.807, 2.05) is 24.3 Å². The number of hydrogen-bond donors (Lipinski definition) is 0. The molecule has 0 amide bonds. The quantitative estimate of drug-likeness (QED) is 0.679. The van der Waals surface area contributed by atoms with Gasteiger partial charge in [0, 0.05) is 11.1 Å². The van der Waals surface area contributed by atoms with Gasteiger partial charge in [-0.05, 0) is 43.3 Å². The Kier molecular flexibility index (Phi) is 2.99. The van der Waals surface area contributed by atoms with Crippen molar-refractivity contribution in [2.45, 2.75) is 6.92 Å². The normalized spacial score (nSPS) is 10.7. The molecule has 0 aliphatic carbocycles. The molecule has 4 heteroatoms. The molecule has 100 valence electrons. The van der Waals surface area contributed by atoms with Crippen molar-refractivity contribution in [3.05, 3.63) is 48.0 Å². The minimum atomic E-state index is 0.0119. The SMILES string of the molecule is COc1cccc(-c2nc3cc(C(C)=O)ccc3o2)c1. The molecule has 0 N–H and O–H groups in total. The lowest BCUT2D eigenvalue weighted by atomic mass is 10.1. The highest BCUT2D eigenvalue weighted by atomic mass is 16.5. The van der Waals surface area contributed by atoms with Crippen molar-refractivity contribution in [3.8, 4) is 17.2 Å². The highest BCUT2D eigenvalue weighted by Gasteiger charge is 2.10. The fraction of sp³-hybridized carbons (Fsp3) is 0.125. The van der Waals surface area contributed by atoms with Crippen molar-refractivity contribution < 1.29 is 13.9 Å². The maximum atomic E-state index is 11.4. The van der Waals surface area contributed by atoms with E-state index in [1.54, 1.807) is 25.3 Å². The highest BCUT2D eigenvalue weighted by molar-refractivity contribution is 5.97. The third-order valence-corrected chi connectivity index (χ3v) is 3.11. The molecule has 0 fully saturated rings. The van der Waals surface area contributed by atoms with Crippen molar-refractivity contribution in [3.63, 3.8) is 0 Å². The van der Waals surface area contributed by atoms with Crippen LogP contribution in [-0.4, -0.2) is 17.9 Å². The van der Waals surface area contributed by atoms with Crippen molar-refractivity contribution in [1.29, 1.82) is 0 Å². The summed E-state index contributed by atoms with van der Waals surface area (Å²) in [6, 6.07) is 12.7. The summed E-state index contributed by atoms with van der Waals surface area (Å²) < 4.78 is 10.9. The Morgan fingerprint density at radius 2 is 2.05 bits per heavy atom. The maximum absolute atomic E-state index is 11.4. The summed E-state index contributed by atoms with van der Waals surface area (Å²) in [5.41, 5.74) is 2.80. The van der Waals surface area contributed by atoms with Gasteiger partial charge >= 0.3 is 0 Å². The largest absolute Gasteiger partial charge is 0.497 e. The second-order valence-electron chi connectivity index (χ2n) is 4.49. The van der Waals surface area contributed by atoms with Gasteiger partial charge in [-0.3, -0.25) is 4.79 Å². The predicted octanol–water partition coefficient (Wildman–Crippen LogP) is 3.71. The molecule has 0 aliphatic heterocycles. The van der Waals surface area contributed by atoms with Gasteiger partial charge in [0.15, 0.2) is 11.4 Å². The van der Waals surface area contributed by atoms with E-state index in [-0.39, 0.29) is 5.78 Å². The van der Waals surface area contributed by atoms with Crippen LogP contribution in [-0.2, 0) is 0 Å². The minimum absolute atomic E-state index is 0.0119. The second-order valence-corrected chi connectivity index (χ2v) is 4.49. The lowest BCUT2D eigenvalue weighted by Crippen LogP contribution is -1.90. The first-order valence-corrected chi connectivity index (χ1v) is 6.23. The lowest BCUT2D eigenvalue weighted by molar-refractivity contribution is 0.101. The van der Waals surface area contributed by atoms with E-state index in [9.17, 15) is 4.79 Å². The Morgan fingerprint density at radius 1 is 1.20 bits per heavy atom. The van der Waals surface area contributed by atoms with E-state index >= 15 is 0 Å². The molecule has 0 bridgehead atoms. The molecule has 0 saturated heterocycles. The molecule has 3 rings (SSSR count). The van der Waals surface area contributed by atoms with Crippen LogP contribution in [0.4, 0.5) is 0 Å². The first-order valence-electron chi connectivity index (χ1n) is 6.23. The average molecular weight is 267 g/mol. The number of methoxy groups -OCH3 is 1. The summed E-state index contributed by atoms with van der Waals surface area (Å²) in [6.07, 6.45) is 0. The van der Waals surface area contributed by atoms with Crippen molar-refractivity contribution >= 4 is 16.9 Å². The molecule has 0 saturated carbocycles. The molecule has 0 aliphatic rings. The predicted molar refractivity (Wildman–Crippen MR) is 76.0 cm³/mol. The monoisotopic (exact) mass is 267 g/mol. The summed E-state index contributed by atoms with van der Waals surface area (Å²) in [5.74, 6) is 1.27. The Hall–Kier alpha value is -2.62. The van der Waals surface area contributed by atoms with E-state index in [1.165, 1.54) is 6.92 Å². The lowest BCUT2D eigenvalue weighted by Gasteiger charge is -2.00. The van der Waals surface area contributed by atoms with E-state index in [2.05, 4.69) is 4.98 Å². The molecule has 0 radical (unpaired) electrons. The number of ketones is 1. The molecule has 3 aromatic rings. The molecule has 0 spiro atoms. The van der Waals surface area contributed by atoms with Crippen molar-refractivity contribution in [1.82, 2.24) is 4.98 Å². The first kappa shape index (κ1) is 12.4. The van der Waals surface area contributed by atoms with Gasteiger partial charge in [-0.2, -0.15) is 0 Å². The van der Waals surface area contributed by atoms with E-state index in [0.29, 0.717) is 22.6 Å². The fourth-order valence-corrected chi connectivity index (χ4v) is 2.03. The minimum Gasteiger partial charge on any atom is -0.497 e. The molecule has 0 unspecified atom stereocenters. The molecular weight excluding hydrogens is 254 g/mol. The number of Topliss-reactive ketones (excluding diaryl/α,β-unsaturated/α-hetero) is 1. The summed E-state index contributed by atoms with van der Waals surface area (Å²) in [5, 5.41) is 0. The van der Waals surface area contributed by atoms with E-state index in [0.717, 1.165) is 11.3 Å². The molecule has 4 nitrogen and oxygen atoms in total. The highest BCUT2D eigenvalue weighted by Crippen LogP contribution is 2.27. The molecule has 0 atom stereocenters. The number of ether oxygens (including phenoxy) is 1. The third kappa shape index (κ3) is 2.16. The standard InChI is InChI=1S/C16H13NO3/c1-10(18)11-6-7-15-14(9-11)17-16(20-15)12-4-3-5-13(8-12)19-2/h3-9H,1-2H3. The maximum Gasteiger partial charge on any atom is 0.227 e. The Bertz CT molecular complexity index is 789. The Balaban J connectivity index is 2.10. The van der Waals surface area contributed by atoms with Crippen LogP contribution in [0.5, 0.6) is 5.75 Å².